The van der Waals surface area contributed by atoms with Crippen molar-refractivity contribution in [1.29, 1.82) is 0 Å². The first-order chi connectivity index (χ1) is 10.8. The number of fused-ring (bicyclic) bond motifs is 1. The molecular formula is C17H13N3OS. The van der Waals surface area contributed by atoms with Crippen molar-refractivity contribution >= 4 is 17.0 Å². The predicted octanol–water partition coefficient (Wildman–Crippen LogP) is 3.34. The predicted molar refractivity (Wildman–Crippen MR) is 88.4 cm³/mol. The monoisotopic (exact) mass is 307 g/mol. The van der Waals surface area contributed by atoms with E-state index in [0.717, 1.165) is 17.5 Å². The number of H-pyrrole nitrogens is 1. The molecule has 22 heavy (non-hydrogen) atoms. The third-order valence-electron chi connectivity index (χ3n) is 3.69. The van der Waals surface area contributed by atoms with Gasteiger partial charge in [0, 0.05) is 24.4 Å². The van der Waals surface area contributed by atoms with Crippen LogP contribution < -0.4 is 5.56 Å². The molecule has 3 heterocycles. The van der Waals surface area contributed by atoms with E-state index >= 15 is 0 Å². The van der Waals surface area contributed by atoms with E-state index in [1.54, 1.807) is 17.5 Å². The van der Waals surface area contributed by atoms with Crippen molar-refractivity contribution in [1.82, 2.24) is 14.6 Å². The fourth-order valence-corrected chi connectivity index (χ4v) is 3.23. The zero-order valence-corrected chi connectivity index (χ0v) is 12.5. The Hall–Kier alpha value is -2.66. The summed E-state index contributed by atoms with van der Waals surface area (Å²) in [6.45, 7) is 0. The van der Waals surface area contributed by atoms with Crippen LogP contribution >= 0.6 is 11.3 Å². The van der Waals surface area contributed by atoms with E-state index in [4.69, 9.17) is 0 Å². The molecule has 0 saturated carbocycles. The van der Waals surface area contributed by atoms with E-state index in [9.17, 15) is 4.79 Å². The van der Waals surface area contributed by atoms with Crippen LogP contribution in [-0.4, -0.2) is 14.6 Å². The maximum Gasteiger partial charge on any atom is 0.280 e. The van der Waals surface area contributed by atoms with Crippen LogP contribution in [0, 0.1) is 0 Å². The van der Waals surface area contributed by atoms with Gasteiger partial charge in [-0.05, 0) is 28.0 Å². The fraction of sp³-hybridized carbons (Fsp3) is 0.0588. The summed E-state index contributed by atoms with van der Waals surface area (Å²) in [6.07, 6.45) is 4.27. The molecule has 1 aromatic carbocycles. The fourth-order valence-electron chi connectivity index (χ4n) is 2.57. The van der Waals surface area contributed by atoms with E-state index < -0.39 is 0 Å². The normalized spacial score (nSPS) is 11.1. The Morgan fingerprint density at radius 3 is 2.82 bits per heavy atom. The number of nitrogens with one attached hydrogen (secondary N) is 1. The molecule has 0 unspecified atom stereocenters. The van der Waals surface area contributed by atoms with Gasteiger partial charge in [-0.25, -0.2) is 9.50 Å². The van der Waals surface area contributed by atoms with Crippen molar-refractivity contribution < 1.29 is 0 Å². The maximum atomic E-state index is 12.6. The molecule has 4 nitrogen and oxygen atoms in total. The Morgan fingerprint density at radius 2 is 2.05 bits per heavy atom. The number of hydrogen-bond donors (Lipinski definition) is 1. The number of hydrogen-bond acceptors (Lipinski definition) is 3. The maximum absolute atomic E-state index is 12.6. The average molecular weight is 307 g/mol. The molecule has 0 aliphatic carbocycles. The van der Waals surface area contributed by atoms with Crippen LogP contribution in [0.25, 0.3) is 16.8 Å². The SMILES string of the molecule is O=c1c(-c2ccsc2)cnc2c(Cc3ccccc3)c[nH]n12. The molecule has 0 bridgehead atoms. The van der Waals surface area contributed by atoms with E-state index in [-0.39, 0.29) is 5.56 Å². The van der Waals surface area contributed by atoms with Crippen LogP contribution in [0.5, 0.6) is 0 Å². The van der Waals surface area contributed by atoms with E-state index in [2.05, 4.69) is 22.2 Å². The standard InChI is InChI=1S/C17H13N3OS/c21-17-15(13-6-7-22-11-13)10-18-16-14(9-19-20(16)17)8-12-4-2-1-3-5-12/h1-7,9-11,19H,8H2. The Morgan fingerprint density at radius 1 is 1.18 bits per heavy atom. The van der Waals surface area contributed by atoms with Crippen LogP contribution in [0.4, 0.5) is 0 Å². The first kappa shape index (κ1) is 13.0. The molecular weight excluding hydrogens is 294 g/mol. The topological polar surface area (TPSA) is 50.2 Å². The third kappa shape index (κ3) is 2.16. The highest BCUT2D eigenvalue weighted by Gasteiger charge is 2.12. The molecule has 4 aromatic rings. The van der Waals surface area contributed by atoms with Crippen LogP contribution in [0.1, 0.15) is 11.1 Å². The molecule has 0 aliphatic rings. The summed E-state index contributed by atoms with van der Waals surface area (Å²) in [5, 5.41) is 6.94. The van der Waals surface area contributed by atoms with Crippen LogP contribution in [-0.2, 0) is 6.42 Å². The lowest BCUT2D eigenvalue weighted by Crippen LogP contribution is -2.16. The quantitative estimate of drug-likeness (QED) is 0.631. The van der Waals surface area contributed by atoms with Gasteiger partial charge in [0.1, 0.15) is 0 Å². The minimum atomic E-state index is -0.0669. The number of benzene rings is 1. The molecule has 108 valence electrons. The van der Waals surface area contributed by atoms with Crippen molar-refractivity contribution in [2.24, 2.45) is 0 Å². The highest BCUT2D eigenvalue weighted by molar-refractivity contribution is 7.08. The number of nitrogens with zero attached hydrogens (tertiary/aromatic N) is 2. The molecule has 5 heteroatoms. The molecule has 4 rings (SSSR count). The minimum absolute atomic E-state index is 0.0669. The summed E-state index contributed by atoms with van der Waals surface area (Å²) in [7, 11) is 0. The Labute approximate surface area is 130 Å². The van der Waals surface area contributed by atoms with Crippen molar-refractivity contribution in [2.75, 3.05) is 0 Å². The molecule has 3 aromatic heterocycles. The Balaban J connectivity index is 1.81. The lowest BCUT2D eigenvalue weighted by molar-refractivity contribution is 0.902. The zero-order chi connectivity index (χ0) is 14.9. The van der Waals surface area contributed by atoms with Crippen LogP contribution in [0.2, 0.25) is 0 Å². The first-order valence-corrected chi connectivity index (χ1v) is 7.92. The van der Waals surface area contributed by atoms with Gasteiger partial charge >= 0.3 is 0 Å². The summed E-state index contributed by atoms with van der Waals surface area (Å²) in [5.74, 6) is 0. The van der Waals surface area contributed by atoms with E-state index in [0.29, 0.717) is 11.2 Å². The second-order valence-corrected chi connectivity index (χ2v) is 5.89. The highest BCUT2D eigenvalue weighted by Crippen LogP contribution is 2.19. The van der Waals surface area contributed by atoms with Gasteiger partial charge in [-0.2, -0.15) is 11.3 Å². The molecule has 0 aliphatic heterocycles. The lowest BCUT2D eigenvalue weighted by atomic mass is 10.1. The van der Waals surface area contributed by atoms with Gasteiger partial charge in [-0.3, -0.25) is 9.89 Å². The molecule has 0 saturated heterocycles. The smallest absolute Gasteiger partial charge is 0.280 e. The van der Waals surface area contributed by atoms with Gasteiger partial charge in [0.05, 0.1) is 5.56 Å². The summed E-state index contributed by atoms with van der Waals surface area (Å²) >= 11 is 1.57. The summed E-state index contributed by atoms with van der Waals surface area (Å²) in [5.41, 5.74) is 4.36. The van der Waals surface area contributed by atoms with Gasteiger partial charge in [0.25, 0.3) is 5.56 Å². The van der Waals surface area contributed by atoms with Gasteiger partial charge in [-0.15, -0.1) is 0 Å². The zero-order valence-electron chi connectivity index (χ0n) is 11.7. The molecule has 0 fully saturated rings. The number of aromatic nitrogens is 3. The number of thiophene rings is 1. The summed E-state index contributed by atoms with van der Waals surface area (Å²) in [4.78, 5) is 17.1. The largest absolute Gasteiger partial charge is 0.297 e. The Bertz CT molecular complexity index is 968. The van der Waals surface area contributed by atoms with Gasteiger partial charge in [0.2, 0.25) is 0 Å². The van der Waals surface area contributed by atoms with Crippen molar-refractivity contribution in [3.63, 3.8) is 0 Å². The Kier molecular flexibility index (Phi) is 3.12. The molecule has 0 amide bonds. The molecule has 0 spiro atoms. The van der Waals surface area contributed by atoms with Crippen molar-refractivity contribution in [3.8, 4) is 11.1 Å². The average Bonchev–Trinajstić information content (AvgIpc) is 3.19. The van der Waals surface area contributed by atoms with E-state index in [1.165, 1.54) is 10.1 Å². The van der Waals surface area contributed by atoms with Gasteiger partial charge in [0.15, 0.2) is 5.65 Å². The molecule has 1 N–H and O–H groups in total. The van der Waals surface area contributed by atoms with Crippen molar-refractivity contribution in [3.05, 3.63) is 81.0 Å². The summed E-state index contributed by atoms with van der Waals surface area (Å²) in [6, 6.07) is 12.1. The van der Waals surface area contributed by atoms with Crippen LogP contribution in [0.3, 0.4) is 0 Å². The number of rotatable bonds is 3. The van der Waals surface area contributed by atoms with Crippen molar-refractivity contribution in [2.45, 2.75) is 6.42 Å². The van der Waals surface area contributed by atoms with Crippen LogP contribution in [0.15, 0.2) is 64.3 Å². The summed E-state index contributed by atoms with van der Waals surface area (Å²) < 4.78 is 1.52. The number of aromatic amines is 1. The molecule has 0 atom stereocenters. The third-order valence-corrected chi connectivity index (χ3v) is 4.37. The van der Waals surface area contributed by atoms with Gasteiger partial charge < -0.3 is 0 Å². The molecule has 0 radical (unpaired) electrons. The highest BCUT2D eigenvalue weighted by atomic mass is 32.1. The van der Waals surface area contributed by atoms with E-state index in [1.807, 2.05) is 41.2 Å². The minimum Gasteiger partial charge on any atom is -0.297 e. The lowest BCUT2D eigenvalue weighted by Gasteiger charge is -2.01. The second-order valence-electron chi connectivity index (χ2n) is 5.11. The second kappa shape index (κ2) is 5.27. The van der Waals surface area contributed by atoms with Gasteiger partial charge in [-0.1, -0.05) is 30.3 Å². The first-order valence-electron chi connectivity index (χ1n) is 6.97.